The molecule has 0 N–H and O–H groups in total. The van der Waals surface area contributed by atoms with Crippen LogP contribution >= 0.6 is 0 Å². The van der Waals surface area contributed by atoms with Crippen molar-refractivity contribution in [1.29, 1.82) is 0 Å². The van der Waals surface area contributed by atoms with Gasteiger partial charge in [-0.25, -0.2) is 4.98 Å². The zero-order valence-electron chi connectivity index (χ0n) is 17.0. The second-order valence-corrected chi connectivity index (χ2v) is 8.35. The molecule has 3 aromatic carbocycles. The van der Waals surface area contributed by atoms with Gasteiger partial charge in [0.25, 0.3) is 0 Å². The second-order valence-electron chi connectivity index (χ2n) is 8.35. The largest absolute Gasteiger partial charge is 0.248 e. The Hall–Kier alpha value is -3.45. The van der Waals surface area contributed by atoms with Crippen LogP contribution in [0.2, 0.25) is 0 Å². The average Bonchev–Trinajstić information content (AvgIpc) is 2.82. The number of hydrogen-bond donors (Lipinski definition) is 0. The van der Waals surface area contributed by atoms with Gasteiger partial charge in [-0.15, -0.1) is 0 Å². The zero-order valence-corrected chi connectivity index (χ0v) is 17.0. The molecule has 0 amide bonds. The van der Waals surface area contributed by atoms with E-state index in [9.17, 15) is 0 Å². The molecule has 6 rings (SSSR count). The van der Waals surface area contributed by atoms with E-state index in [1.54, 1.807) is 5.57 Å². The van der Waals surface area contributed by atoms with Gasteiger partial charge in [0.15, 0.2) is 0 Å². The Kier molecular flexibility index (Phi) is 3.95. The number of allylic oxidation sites excluding steroid dienone is 4. The van der Waals surface area contributed by atoms with Crippen LogP contribution in [0.15, 0.2) is 91.0 Å². The van der Waals surface area contributed by atoms with Crippen LogP contribution < -0.4 is 0 Å². The first kappa shape index (κ1) is 17.4. The highest BCUT2D eigenvalue weighted by atomic mass is 14.7. The molecule has 0 aliphatic heterocycles. The molecular formula is C29H23N. The van der Waals surface area contributed by atoms with Gasteiger partial charge in [0, 0.05) is 11.0 Å². The number of aryl methyl sites for hydroxylation is 1. The van der Waals surface area contributed by atoms with Crippen LogP contribution in [0, 0.1) is 0 Å². The summed E-state index contributed by atoms with van der Waals surface area (Å²) in [5.74, 6) is 0. The quantitative estimate of drug-likeness (QED) is 0.348. The van der Waals surface area contributed by atoms with Crippen LogP contribution in [0.3, 0.4) is 0 Å². The predicted molar refractivity (Wildman–Crippen MR) is 127 cm³/mol. The van der Waals surface area contributed by atoms with Crippen molar-refractivity contribution in [3.63, 3.8) is 0 Å². The monoisotopic (exact) mass is 385 g/mol. The number of hydrogen-bond acceptors (Lipinski definition) is 1. The van der Waals surface area contributed by atoms with E-state index < -0.39 is 0 Å². The molecule has 1 heteroatoms. The zero-order chi connectivity index (χ0) is 20.1. The minimum atomic E-state index is 0.938. The normalized spacial score (nSPS) is 15.3. The Bertz CT molecular complexity index is 1400. The third-order valence-corrected chi connectivity index (χ3v) is 6.63. The van der Waals surface area contributed by atoms with Gasteiger partial charge in [0.05, 0.1) is 11.2 Å². The highest BCUT2D eigenvalue weighted by Gasteiger charge is 2.20. The summed E-state index contributed by atoms with van der Waals surface area (Å²) in [7, 11) is 0. The number of rotatable bonds is 2. The Morgan fingerprint density at radius 3 is 2.70 bits per heavy atom. The summed E-state index contributed by atoms with van der Waals surface area (Å²) in [4.78, 5) is 4.83. The lowest BCUT2D eigenvalue weighted by Crippen LogP contribution is -2.07. The molecule has 0 fully saturated rings. The molecule has 30 heavy (non-hydrogen) atoms. The van der Waals surface area contributed by atoms with E-state index in [-0.39, 0.29) is 0 Å². The summed E-state index contributed by atoms with van der Waals surface area (Å²) in [6.45, 7) is 4.37. The molecule has 2 aliphatic rings. The van der Waals surface area contributed by atoms with Crippen LogP contribution in [0.4, 0.5) is 0 Å². The average molecular weight is 386 g/mol. The molecule has 1 heterocycles. The van der Waals surface area contributed by atoms with E-state index >= 15 is 0 Å². The van der Waals surface area contributed by atoms with E-state index in [1.165, 1.54) is 46.7 Å². The van der Waals surface area contributed by atoms with Gasteiger partial charge in [-0.1, -0.05) is 72.8 Å². The van der Waals surface area contributed by atoms with E-state index in [0.717, 1.165) is 34.2 Å². The SMILES string of the molecule is C=C(c1ccc2c3c(ccc2c1)C1=C(CCC=C1)CC3)c1ccc2ccccc2n1. The van der Waals surface area contributed by atoms with Crippen LogP contribution in [0.1, 0.15) is 41.6 Å². The summed E-state index contributed by atoms with van der Waals surface area (Å²) in [6.07, 6.45) is 9.41. The van der Waals surface area contributed by atoms with Crippen LogP contribution in [0.25, 0.3) is 32.8 Å². The van der Waals surface area contributed by atoms with Crippen molar-refractivity contribution in [3.05, 3.63) is 113 Å². The first-order chi connectivity index (χ1) is 14.8. The first-order valence-corrected chi connectivity index (χ1v) is 10.8. The highest BCUT2D eigenvalue weighted by molar-refractivity contribution is 5.96. The van der Waals surface area contributed by atoms with Crippen molar-refractivity contribution in [2.24, 2.45) is 0 Å². The number of para-hydroxylation sites is 1. The van der Waals surface area contributed by atoms with Crippen LogP contribution in [0.5, 0.6) is 0 Å². The minimum absolute atomic E-state index is 0.938. The van der Waals surface area contributed by atoms with E-state index in [4.69, 9.17) is 4.98 Å². The lowest BCUT2D eigenvalue weighted by atomic mass is 9.79. The van der Waals surface area contributed by atoms with Crippen molar-refractivity contribution >= 4 is 32.8 Å². The molecule has 0 saturated carbocycles. The maximum atomic E-state index is 4.83. The van der Waals surface area contributed by atoms with E-state index in [0.29, 0.717) is 0 Å². The van der Waals surface area contributed by atoms with Gasteiger partial charge < -0.3 is 0 Å². The highest BCUT2D eigenvalue weighted by Crippen LogP contribution is 2.40. The molecule has 2 aliphatic carbocycles. The minimum Gasteiger partial charge on any atom is -0.248 e. The first-order valence-electron chi connectivity index (χ1n) is 10.8. The second kappa shape index (κ2) is 6.81. The molecule has 0 unspecified atom stereocenters. The number of nitrogens with zero attached hydrogens (tertiary/aromatic N) is 1. The van der Waals surface area contributed by atoms with Gasteiger partial charge in [0.2, 0.25) is 0 Å². The standard InChI is InChI=1S/C29H23N/c1-19(28-17-13-21-7-3-5-9-29(21)30-28)22-11-14-25-23(18-22)12-16-26-24-8-4-2-6-20(24)10-15-27(25)26/h3-5,7-9,11-14,16-18H,1-2,6,10,15H2. The third-order valence-electron chi connectivity index (χ3n) is 6.63. The fourth-order valence-electron chi connectivity index (χ4n) is 5.01. The van der Waals surface area contributed by atoms with Crippen LogP contribution in [-0.2, 0) is 6.42 Å². The number of aromatic nitrogens is 1. The summed E-state index contributed by atoms with van der Waals surface area (Å²) in [5.41, 5.74) is 10.1. The molecule has 0 radical (unpaired) electrons. The number of benzene rings is 3. The van der Waals surface area contributed by atoms with Gasteiger partial charge in [-0.05, 0) is 76.9 Å². The van der Waals surface area contributed by atoms with Gasteiger partial charge in [0.1, 0.15) is 0 Å². The predicted octanol–water partition coefficient (Wildman–Crippen LogP) is 7.50. The lowest BCUT2D eigenvalue weighted by Gasteiger charge is -2.25. The number of fused-ring (bicyclic) bond motifs is 5. The third kappa shape index (κ3) is 2.74. The van der Waals surface area contributed by atoms with E-state index in [1.807, 2.05) is 12.1 Å². The van der Waals surface area contributed by atoms with Gasteiger partial charge in [-0.3, -0.25) is 0 Å². The Morgan fingerprint density at radius 1 is 0.833 bits per heavy atom. The molecule has 1 nitrogen and oxygen atoms in total. The van der Waals surface area contributed by atoms with Gasteiger partial charge >= 0.3 is 0 Å². The molecule has 0 saturated heterocycles. The Balaban J connectivity index is 1.42. The van der Waals surface area contributed by atoms with Crippen molar-refractivity contribution in [1.82, 2.24) is 4.98 Å². The molecule has 0 atom stereocenters. The topological polar surface area (TPSA) is 12.9 Å². The summed E-state index contributed by atoms with van der Waals surface area (Å²) in [5, 5.41) is 3.82. The Morgan fingerprint density at radius 2 is 1.73 bits per heavy atom. The van der Waals surface area contributed by atoms with E-state index in [2.05, 4.69) is 73.3 Å². The summed E-state index contributed by atoms with van der Waals surface area (Å²) >= 11 is 0. The molecule has 1 aromatic heterocycles. The van der Waals surface area contributed by atoms with Crippen molar-refractivity contribution in [3.8, 4) is 0 Å². The number of pyridine rings is 1. The lowest BCUT2D eigenvalue weighted by molar-refractivity contribution is 0.831. The van der Waals surface area contributed by atoms with Crippen molar-refractivity contribution < 1.29 is 0 Å². The van der Waals surface area contributed by atoms with Crippen molar-refractivity contribution in [2.75, 3.05) is 0 Å². The van der Waals surface area contributed by atoms with Crippen molar-refractivity contribution in [2.45, 2.75) is 25.7 Å². The fourth-order valence-corrected chi connectivity index (χ4v) is 5.01. The molecule has 4 aromatic rings. The maximum Gasteiger partial charge on any atom is 0.0709 e. The molecular weight excluding hydrogens is 362 g/mol. The molecule has 0 bridgehead atoms. The summed E-state index contributed by atoms with van der Waals surface area (Å²) in [6, 6.07) is 23.8. The maximum absolute atomic E-state index is 4.83. The van der Waals surface area contributed by atoms with Crippen LogP contribution in [-0.4, -0.2) is 4.98 Å². The summed E-state index contributed by atoms with van der Waals surface area (Å²) < 4.78 is 0. The molecule has 0 spiro atoms. The smallest absolute Gasteiger partial charge is 0.0709 e. The van der Waals surface area contributed by atoms with Gasteiger partial charge in [-0.2, -0.15) is 0 Å². The Labute approximate surface area is 177 Å². The fraction of sp³-hybridized carbons (Fsp3) is 0.138. The molecule has 144 valence electrons.